The van der Waals surface area contributed by atoms with Crippen LogP contribution in [-0.4, -0.2) is 18.3 Å². The van der Waals surface area contributed by atoms with Crippen molar-refractivity contribution in [2.24, 2.45) is 35.5 Å². The van der Waals surface area contributed by atoms with Crippen molar-refractivity contribution in [3.05, 3.63) is 193 Å². The highest BCUT2D eigenvalue weighted by Crippen LogP contribution is 2.42. The van der Waals surface area contributed by atoms with E-state index >= 15 is 0 Å². The predicted octanol–water partition coefficient (Wildman–Crippen LogP) is 16.4. The van der Waals surface area contributed by atoms with Gasteiger partial charge >= 0.3 is 0 Å². The normalized spacial score (nSPS) is 23.4. The molecule has 0 spiro atoms. The van der Waals surface area contributed by atoms with Crippen LogP contribution in [0.3, 0.4) is 0 Å². The summed E-state index contributed by atoms with van der Waals surface area (Å²) < 4.78 is 18.7. The molecule has 4 aromatic heterocycles. The van der Waals surface area contributed by atoms with Crippen LogP contribution in [0, 0.1) is 77.0 Å². The van der Waals surface area contributed by atoms with Crippen LogP contribution in [0.4, 0.5) is 0 Å². The molecule has 0 radical (unpaired) electrons. The summed E-state index contributed by atoms with van der Waals surface area (Å²) >= 11 is 0. The largest absolute Gasteiger partial charge is 0.254 e. The summed E-state index contributed by atoms with van der Waals surface area (Å²) in [4.78, 5) is 0. The van der Waals surface area contributed by atoms with Gasteiger partial charge in [0.1, 0.15) is 96.5 Å². The van der Waals surface area contributed by atoms with E-state index in [9.17, 15) is 0 Å². The highest BCUT2D eigenvalue weighted by atomic mass is 15.2. The number of imidazole rings is 4. The minimum Gasteiger partial charge on any atom is -0.234 e. The number of aryl methyl sites for hydroxylation is 6. The van der Waals surface area contributed by atoms with Crippen LogP contribution >= 0.6 is 0 Å². The van der Waals surface area contributed by atoms with E-state index < -0.39 is 0 Å². The first-order chi connectivity index (χ1) is 38.6. The maximum Gasteiger partial charge on any atom is 0.254 e. The Balaban J connectivity index is 0.000000130. The van der Waals surface area contributed by atoms with Gasteiger partial charge in [-0.05, 0) is 201 Å². The lowest BCUT2D eigenvalue weighted by Gasteiger charge is -2.36. The lowest BCUT2D eigenvalue weighted by Crippen LogP contribution is -2.48. The Bertz CT molecular complexity index is 2900. The fraction of sp³-hybridized carbons (Fsp3) is 0.500. The molecular formula is C72H100N8+4. The zero-order valence-corrected chi connectivity index (χ0v) is 51.3. The van der Waals surface area contributed by atoms with Crippen molar-refractivity contribution in [2.45, 2.75) is 197 Å². The van der Waals surface area contributed by atoms with E-state index in [1.54, 1.807) is 0 Å². The summed E-state index contributed by atoms with van der Waals surface area (Å²) in [6.07, 6.45) is 46.4. The van der Waals surface area contributed by atoms with Gasteiger partial charge in [0, 0.05) is 0 Å². The maximum atomic E-state index is 2.54. The fourth-order valence-electron chi connectivity index (χ4n) is 15.5. The summed E-state index contributed by atoms with van der Waals surface area (Å²) in [5.41, 5.74) is 12.7. The van der Waals surface area contributed by atoms with Gasteiger partial charge in [0.05, 0.1) is 0 Å². The average Bonchev–Trinajstić information content (AvgIpc) is 4.30. The topological polar surface area (TPSA) is 35.2 Å². The van der Waals surface area contributed by atoms with Crippen molar-refractivity contribution >= 4 is 0 Å². The molecule has 4 aliphatic carbocycles. The molecule has 4 fully saturated rings. The minimum absolute atomic E-state index is 0.681. The Morgan fingerprint density at radius 1 is 0.425 bits per heavy atom. The number of rotatable bonds is 8. The quantitative estimate of drug-likeness (QED) is 0.136. The molecule has 4 aromatic carbocycles. The SMILES string of the molecule is CC1CC(C)C(n2cc[n+](C3C(C)CC(C)CC3C)c2)C(C)C1.Cc1cc(C)c(-n2cc[n+](-c3c(C)cc(C)cc3C)c2)c(C)c1.c1c[n+](C2CCCCC2)cn1C1CCCCC1.c1ccc(-n2cc[n+](-c3ccccc3)c2)cc1. The Labute approximate surface area is 482 Å². The summed E-state index contributed by atoms with van der Waals surface area (Å²) in [6, 6.07) is 32.5. The van der Waals surface area contributed by atoms with Crippen molar-refractivity contribution in [3.63, 3.8) is 0 Å². The monoisotopic (exact) mass is 1080 g/mol. The first kappa shape index (κ1) is 58.4. The first-order valence-electron chi connectivity index (χ1n) is 31.2. The summed E-state index contributed by atoms with van der Waals surface area (Å²) in [6.45, 7) is 27.7. The molecule has 4 unspecified atom stereocenters. The number of hydrogen-bond acceptors (Lipinski definition) is 0. The van der Waals surface area contributed by atoms with Crippen LogP contribution in [0.5, 0.6) is 0 Å². The van der Waals surface area contributed by atoms with E-state index in [2.05, 4.69) is 243 Å². The van der Waals surface area contributed by atoms with Crippen molar-refractivity contribution < 1.29 is 18.3 Å². The average molecular weight is 1080 g/mol. The van der Waals surface area contributed by atoms with Crippen molar-refractivity contribution in [2.75, 3.05) is 0 Å². The number of hydrogen-bond donors (Lipinski definition) is 0. The number of aromatic nitrogens is 8. The molecule has 8 heteroatoms. The molecule has 4 heterocycles. The van der Waals surface area contributed by atoms with Gasteiger partial charge in [-0.3, -0.25) is 0 Å². The Hall–Kier alpha value is -6.28. The van der Waals surface area contributed by atoms with Gasteiger partial charge in [0.25, 0.3) is 12.7 Å². The molecule has 80 heavy (non-hydrogen) atoms. The summed E-state index contributed by atoms with van der Waals surface area (Å²) in [7, 11) is 0. The number of para-hydroxylation sites is 2. The van der Waals surface area contributed by atoms with Crippen LogP contribution in [0.2, 0.25) is 0 Å². The van der Waals surface area contributed by atoms with Gasteiger partial charge in [0.15, 0.2) is 0 Å². The Morgan fingerprint density at radius 2 is 0.900 bits per heavy atom. The van der Waals surface area contributed by atoms with Crippen LogP contribution in [0.25, 0.3) is 22.7 Å². The highest BCUT2D eigenvalue weighted by molar-refractivity contribution is 5.49. The zero-order valence-electron chi connectivity index (χ0n) is 51.3. The molecule has 4 saturated carbocycles. The Kier molecular flexibility index (Phi) is 19.7. The van der Waals surface area contributed by atoms with Crippen molar-refractivity contribution in [1.82, 2.24) is 18.3 Å². The molecule has 0 amide bonds. The van der Waals surface area contributed by atoms with Gasteiger partial charge in [-0.1, -0.05) is 126 Å². The van der Waals surface area contributed by atoms with Gasteiger partial charge in [-0.15, -0.1) is 0 Å². The molecule has 0 N–H and O–H groups in total. The predicted molar refractivity (Wildman–Crippen MR) is 328 cm³/mol. The van der Waals surface area contributed by atoms with Crippen LogP contribution < -0.4 is 18.3 Å². The summed E-state index contributed by atoms with van der Waals surface area (Å²) in [5.74, 6) is 4.93. The van der Waals surface area contributed by atoms with Crippen molar-refractivity contribution in [1.29, 1.82) is 0 Å². The van der Waals surface area contributed by atoms with Gasteiger partial charge in [-0.2, -0.15) is 0 Å². The van der Waals surface area contributed by atoms with E-state index in [1.165, 1.54) is 146 Å². The lowest BCUT2D eigenvalue weighted by atomic mass is 9.73. The minimum atomic E-state index is 0.681. The fourth-order valence-corrected chi connectivity index (χ4v) is 15.5. The van der Waals surface area contributed by atoms with E-state index in [0.717, 1.165) is 47.6 Å². The molecule has 0 aliphatic heterocycles. The molecule has 8 nitrogen and oxygen atoms in total. The molecule has 4 aliphatic rings. The van der Waals surface area contributed by atoms with Crippen LogP contribution in [0.15, 0.2) is 160 Å². The Morgan fingerprint density at radius 3 is 1.50 bits per heavy atom. The van der Waals surface area contributed by atoms with Gasteiger partial charge in [0.2, 0.25) is 12.7 Å². The van der Waals surface area contributed by atoms with E-state index in [0.29, 0.717) is 12.1 Å². The zero-order chi connectivity index (χ0) is 56.5. The molecule has 12 rings (SSSR count). The van der Waals surface area contributed by atoms with Crippen LogP contribution in [-0.2, 0) is 0 Å². The third-order valence-electron chi connectivity index (χ3n) is 18.6. The van der Waals surface area contributed by atoms with Gasteiger partial charge in [-0.25, -0.2) is 36.5 Å². The number of nitrogens with zero attached hydrogens (tertiary/aromatic N) is 8. The third kappa shape index (κ3) is 14.4. The molecule has 0 saturated heterocycles. The standard InChI is InChI=1S/C21H37N2.C21H25N2.C15H25N2.C15H13N2/c2*1-14-9-16(3)20(17(4)10-14)22-7-8-23(13-22)21-18(5)11-15(2)12-19(21)6;2*1-3-7-14(8-4-1)16-11-12-17(13-16)15-9-5-2-6-10-15/h7-8,13-21H,9-12H2,1-6H3;7-13H,1-6H3;11-15H,1-10H2;1-13H/q4*+1. The second-order valence-electron chi connectivity index (χ2n) is 25.9. The highest BCUT2D eigenvalue weighted by Gasteiger charge is 2.39. The second-order valence-corrected chi connectivity index (χ2v) is 25.9. The second kappa shape index (κ2) is 27.0. The van der Waals surface area contributed by atoms with E-state index in [1.807, 2.05) is 36.4 Å². The molecular weight excluding hydrogens is 977 g/mol. The molecule has 8 aromatic rings. The number of benzene rings is 4. The smallest absolute Gasteiger partial charge is 0.234 e. The van der Waals surface area contributed by atoms with Crippen LogP contribution in [0.1, 0.15) is 189 Å². The van der Waals surface area contributed by atoms with Gasteiger partial charge < -0.3 is 0 Å². The molecule has 424 valence electrons. The van der Waals surface area contributed by atoms with E-state index in [-0.39, 0.29) is 0 Å². The molecule has 4 atom stereocenters. The maximum absolute atomic E-state index is 2.54. The lowest BCUT2D eigenvalue weighted by molar-refractivity contribution is -0.738. The van der Waals surface area contributed by atoms with Crippen molar-refractivity contribution in [3.8, 4) is 22.7 Å². The first-order valence-corrected chi connectivity index (χ1v) is 31.2. The van der Waals surface area contributed by atoms with E-state index in [4.69, 9.17) is 0 Å². The third-order valence-corrected chi connectivity index (χ3v) is 18.6. The summed E-state index contributed by atoms with van der Waals surface area (Å²) in [5, 5.41) is 0. The molecule has 0 bridgehead atoms.